The van der Waals surface area contributed by atoms with Crippen molar-refractivity contribution in [3.8, 4) is 0 Å². The van der Waals surface area contributed by atoms with Crippen LogP contribution in [0.5, 0.6) is 0 Å². The van der Waals surface area contributed by atoms with Gasteiger partial charge in [-0.3, -0.25) is 4.79 Å². The third kappa shape index (κ3) is 2.13. The second-order valence-corrected chi connectivity index (χ2v) is 4.48. The summed E-state index contributed by atoms with van der Waals surface area (Å²) in [5, 5.41) is 0.584. The molecule has 1 nitrogen and oxygen atoms in total. The normalized spacial score (nSPS) is 29.3. The topological polar surface area (TPSA) is 17.1 Å². The van der Waals surface area contributed by atoms with E-state index in [1.807, 2.05) is 11.8 Å². The molecule has 0 amide bonds. The van der Waals surface area contributed by atoms with E-state index in [9.17, 15) is 4.79 Å². The van der Waals surface area contributed by atoms with Gasteiger partial charge in [0.2, 0.25) is 0 Å². The summed E-state index contributed by atoms with van der Waals surface area (Å²) in [5.41, 5.74) is 0. The molecule has 1 aliphatic heterocycles. The second kappa shape index (κ2) is 3.06. The summed E-state index contributed by atoms with van der Waals surface area (Å²) in [6.07, 6.45) is 3.95. The number of hydrogen-bond acceptors (Lipinski definition) is 2. The molecule has 1 radical (unpaired) electrons. The second-order valence-electron chi connectivity index (χ2n) is 3.11. The minimum atomic E-state index is 0.454. The van der Waals surface area contributed by atoms with Crippen molar-refractivity contribution in [2.75, 3.05) is 0 Å². The Bertz CT molecular complexity index is 210. The van der Waals surface area contributed by atoms with Crippen LogP contribution in [0.4, 0.5) is 0 Å². The first-order chi connectivity index (χ1) is 5.34. The third-order valence-electron chi connectivity index (χ3n) is 2.04. The number of carbonyl (C=O) groups excluding carboxylic acids is 1. The predicted molar refractivity (Wildman–Crippen MR) is 48.7 cm³/mol. The fraction of sp³-hybridized carbons (Fsp3) is 0.625. The first-order valence-corrected chi connectivity index (χ1v) is 4.96. The molecule has 0 aromatic rings. The largest absolute Gasteiger partial charge is 0.300 e. The molecule has 11 heavy (non-hydrogen) atoms. The zero-order chi connectivity index (χ0) is 7.68. The van der Waals surface area contributed by atoms with Crippen LogP contribution in [0, 0.1) is 0 Å². The fourth-order valence-corrected chi connectivity index (χ4v) is 2.55. The molecule has 2 rings (SSSR count). The van der Waals surface area contributed by atoms with E-state index in [1.165, 1.54) is 11.2 Å². The molecule has 0 aromatic carbocycles. The van der Waals surface area contributed by atoms with Gasteiger partial charge in [-0.05, 0) is 12.8 Å². The highest BCUT2D eigenvalue weighted by atomic mass is 32.2. The lowest BCUT2D eigenvalue weighted by Gasteiger charge is -2.18. The third-order valence-corrected chi connectivity index (χ3v) is 3.32. The van der Waals surface area contributed by atoms with Gasteiger partial charge in [-0.2, -0.15) is 0 Å². The number of hydrogen-bond donors (Lipinski definition) is 0. The van der Waals surface area contributed by atoms with E-state index in [0.29, 0.717) is 11.0 Å². The lowest BCUT2D eigenvalue weighted by Crippen LogP contribution is -2.16. The maximum Gasteiger partial charge on any atom is 0.188 e. The van der Waals surface area contributed by atoms with Crippen LogP contribution in [0.15, 0.2) is 10.8 Å². The molecule has 0 saturated heterocycles. The van der Waals surface area contributed by atoms with Gasteiger partial charge >= 0.3 is 0 Å². The van der Waals surface area contributed by atoms with Gasteiger partial charge in [0.15, 0.2) is 7.28 Å². The minimum absolute atomic E-state index is 0.454. The van der Waals surface area contributed by atoms with Crippen LogP contribution in [-0.2, 0) is 4.79 Å². The molecule has 1 unspecified atom stereocenters. The molecule has 2 aliphatic rings. The van der Waals surface area contributed by atoms with E-state index >= 15 is 0 Å². The first-order valence-electron chi connectivity index (χ1n) is 4.08. The Morgan fingerprint density at radius 1 is 1.64 bits per heavy atom. The van der Waals surface area contributed by atoms with Crippen molar-refractivity contribution in [2.45, 2.75) is 30.9 Å². The van der Waals surface area contributed by atoms with Crippen molar-refractivity contribution in [1.29, 1.82) is 0 Å². The van der Waals surface area contributed by atoms with Crippen LogP contribution in [0.3, 0.4) is 0 Å². The Kier molecular flexibility index (Phi) is 2.08. The molecular weight excluding hydrogens is 155 g/mol. The monoisotopic (exact) mass is 165 g/mol. The Morgan fingerprint density at radius 2 is 2.45 bits per heavy atom. The van der Waals surface area contributed by atoms with Gasteiger partial charge in [-0.15, -0.1) is 17.7 Å². The Hall–Kier alpha value is -0.175. The van der Waals surface area contributed by atoms with E-state index in [4.69, 9.17) is 0 Å². The smallest absolute Gasteiger partial charge is 0.188 e. The average Bonchev–Trinajstić information content (AvgIpc) is 2.71. The van der Waals surface area contributed by atoms with Crippen molar-refractivity contribution in [1.82, 2.24) is 0 Å². The molecule has 1 aliphatic carbocycles. The van der Waals surface area contributed by atoms with Crippen LogP contribution in [0.2, 0.25) is 0 Å². The van der Waals surface area contributed by atoms with Crippen LogP contribution >= 0.6 is 11.8 Å². The molecule has 1 heterocycles. The molecule has 57 valence electrons. The fourth-order valence-electron chi connectivity index (χ4n) is 1.39. The first kappa shape index (κ1) is 7.47. The molecule has 0 N–H and O–H groups in total. The van der Waals surface area contributed by atoms with Crippen LogP contribution in [-0.4, -0.2) is 18.3 Å². The van der Waals surface area contributed by atoms with Gasteiger partial charge in [0.25, 0.3) is 0 Å². The van der Waals surface area contributed by atoms with Gasteiger partial charge < -0.3 is 0 Å². The lowest BCUT2D eigenvalue weighted by molar-refractivity contribution is -0.120. The van der Waals surface area contributed by atoms with Gasteiger partial charge in [0, 0.05) is 18.1 Å². The Labute approximate surface area is 71.9 Å². The van der Waals surface area contributed by atoms with E-state index in [1.54, 1.807) is 0 Å². The van der Waals surface area contributed by atoms with Gasteiger partial charge in [-0.25, -0.2) is 0 Å². The predicted octanol–water partition coefficient (Wildman–Crippen LogP) is 1.75. The van der Waals surface area contributed by atoms with Crippen LogP contribution < -0.4 is 0 Å². The van der Waals surface area contributed by atoms with Gasteiger partial charge in [0.05, 0.1) is 0 Å². The standard InChI is InChI=1S/C8H10BOS/c10-6-2-1-3-7(4-6)11-8-5-9-8/h5,7H,1-4H2. The summed E-state index contributed by atoms with van der Waals surface area (Å²) in [6, 6.07) is 0. The highest BCUT2D eigenvalue weighted by Gasteiger charge is 2.23. The SMILES string of the molecule is O=C1CCCC(SC2=C[B]2)C1. The highest BCUT2D eigenvalue weighted by molar-refractivity contribution is 8.06. The molecule has 3 heteroatoms. The maximum atomic E-state index is 11.0. The summed E-state index contributed by atoms with van der Waals surface area (Å²) in [4.78, 5) is 12.4. The summed E-state index contributed by atoms with van der Waals surface area (Å²) >= 11 is 1.87. The number of Topliss-reactive ketones (excluding diaryl/α,β-unsaturated/α-hetero) is 1. The number of rotatable bonds is 2. The van der Waals surface area contributed by atoms with Gasteiger partial charge in [-0.1, -0.05) is 4.80 Å². The molecular formula is C8H10BOS. The molecule has 1 fully saturated rings. The number of ketones is 1. The maximum absolute atomic E-state index is 11.0. The Balaban J connectivity index is 1.82. The van der Waals surface area contributed by atoms with E-state index in [0.717, 1.165) is 19.3 Å². The van der Waals surface area contributed by atoms with Crippen LogP contribution in [0.25, 0.3) is 0 Å². The highest BCUT2D eigenvalue weighted by Crippen LogP contribution is 2.34. The molecule has 0 aromatic heterocycles. The van der Waals surface area contributed by atoms with Crippen molar-refractivity contribution in [3.05, 3.63) is 10.8 Å². The lowest BCUT2D eigenvalue weighted by atomic mass is 9.99. The molecule has 0 bridgehead atoms. The summed E-state index contributed by atoms with van der Waals surface area (Å²) in [6.45, 7) is 0. The minimum Gasteiger partial charge on any atom is -0.300 e. The molecule has 1 atom stereocenters. The zero-order valence-corrected chi connectivity index (χ0v) is 7.19. The van der Waals surface area contributed by atoms with E-state index in [2.05, 4.69) is 13.3 Å². The van der Waals surface area contributed by atoms with Gasteiger partial charge in [0.1, 0.15) is 5.78 Å². The average molecular weight is 165 g/mol. The Morgan fingerprint density at radius 3 is 3.09 bits per heavy atom. The quantitative estimate of drug-likeness (QED) is 0.579. The summed E-state index contributed by atoms with van der Waals surface area (Å²) in [5.74, 6) is 2.57. The number of thioether (sulfide) groups is 1. The number of carbonyl (C=O) groups is 1. The molecule has 0 spiro atoms. The van der Waals surface area contributed by atoms with Crippen LogP contribution in [0.1, 0.15) is 25.7 Å². The molecule has 1 saturated carbocycles. The summed E-state index contributed by atoms with van der Waals surface area (Å²) < 4.78 is 0. The van der Waals surface area contributed by atoms with Crippen molar-refractivity contribution in [3.63, 3.8) is 0 Å². The zero-order valence-electron chi connectivity index (χ0n) is 6.38. The van der Waals surface area contributed by atoms with E-state index < -0.39 is 0 Å². The van der Waals surface area contributed by atoms with Crippen molar-refractivity contribution >= 4 is 24.8 Å². The van der Waals surface area contributed by atoms with Crippen molar-refractivity contribution < 1.29 is 4.79 Å². The van der Waals surface area contributed by atoms with E-state index in [-0.39, 0.29) is 0 Å². The van der Waals surface area contributed by atoms with Crippen molar-refractivity contribution in [2.24, 2.45) is 0 Å². The summed E-state index contributed by atoms with van der Waals surface area (Å²) in [7, 11) is 2.11.